The van der Waals surface area contributed by atoms with Crippen LogP contribution in [0.1, 0.15) is 12.5 Å². The average Bonchev–Trinajstić information content (AvgIpc) is 2.22. The number of aryl methyl sites for hydroxylation is 1. The van der Waals surface area contributed by atoms with E-state index in [1.807, 2.05) is 13.0 Å². The second-order valence-electron chi connectivity index (χ2n) is 3.44. The van der Waals surface area contributed by atoms with Crippen LogP contribution in [0.2, 0.25) is 0 Å². The molecule has 0 aliphatic carbocycles. The Kier molecular flexibility index (Phi) is 4.23. The Labute approximate surface area is 97.4 Å². The molecule has 0 aromatic carbocycles. The summed E-state index contributed by atoms with van der Waals surface area (Å²) < 4.78 is 0.923. The average molecular weight is 272 g/mol. The lowest BCUT2D eigenvalue weighted by Gasteiger charge is -2.09. The maximum atomic E-state index is 11.5. The molecule has 1 heterocycles. The molecule has 82 valence electrons. The number of hydrogen-bond donors (Lipinski definition) is 2. The van der Waals surface area contributed by atoms with Crippen molar-refractivity contribution in [3.8, 4) is 0 Å². The lowest BCUT2D eigenvalue weighted by Crippen LogP contribution is -2.27. The SMILES string of the molecule is Cc1cc(NC(=O)C(C)CN)ncc1Br. The van der Waals surface area contributed by atoms with Gasteiger partial charge in [-0.3, -0.25) is 4.79 Å². The molecule has 1 aromatic heterocycles. The fourth-order valence-electron chi connectivity index (χ4n) is 0.964. The second-order valence-corrected chi connectivity index (χ2v) is 4.30. The predicted octanol–water partition coefficient (Wildman–Crippen LogP) is 1.69. The highest BCUT2D eigenvalue weighted by molar-refractivity contribution is 9.10. The predicted molar refractivity (Wildman–Crippen MR) is 63.5 cm³/mol. The number of hydrogen-bond acceptors (Lipinski definition) is 3. The minimum atomic E-state index is -0.198. The van der Waals surface area contributed by atoms with Gasteiger partial charge < -0.3 is 11.1 Å². The van der Waals surface area contributed by atoms with Gasteiger partial charge in [-0.05, 0) is 34.5 Å². The third kappa shape index (κ3) is 3.28. The zero-order chi connectivity index (χ0) is 11.4. The monoisotopic (exact) mass is 271 g/mol. The molecule has 0 aliphatic heterocycles. The Morgan fingerprint density at radius 3 is 2.93 bits per heavy atom. The van der Waals surface area contributed by atoms with Gasteiger partial charge in [0.05, 0.1) is 0 Å². The van der Waals surface area contributed by atoms with Crippen LogP contribution < -0.4 is 11.1 Å². The highest BCUT2D eigenvalue weighted by atomic mass is 79.9. The molecule has 0 saturated carbocycles. The third-order valence-electron chi connectivity index (χ3n) is 2.10. The summed E-state index contributed by atoms with van der Waals surface area (Å²) in [5.74, 6) is 0.253. The van der Waals surface area contributed by atoms with Crippen molar-refractivity contribution < 1.29 is 4.79 Å². The van der Waals surface area contributed by atoms with E-state index in [0.29, 0.717) is 12.4 Å². The quantitative estimate of drug-likeness (QED) is 0.879. The number of pyridine rings is 1. The summed E-state index contributed by atoms with van der Waals surface area (Å²) >= 11 is 3.34. The molecule has 0 radical (unpaired) electrons. The van der Waals surface area contributed by atoms with Gasteiger partial charge in [-0.2, -0.15) is 0 Å². The zero-order valence-electron chi connectivity index (χ0n) is 8.75. The first-order valence-corrected chi connectivity index (χ1v) is 5.47. The molecule has 0 bridgehead atoms. The van der Waals surface area contributed by atoms with Crippen LogP contribution in [0.25, 0.3) is 0 Å². The maximum Gasteiger partial charge on any atom is 0.229 e. The van der Waals surface area contributed by atoms with Gasteiger partial charge in [0.15, 0.2) is 0 Å². The summed E-state index contributed by atoms with van der Waals surface area (Å²) in [5, 5.41) is 2.71. The first-order chi connectivity index (χ1) is 7.04. The van der Waals surface area contributed by atoms with Gasteiger partial charge in [-0.1, -0.05) is 6.92 Å². The Balaban J connectivity index is 2.73. The molecule has 1 rings (SSSR count). The number of carbonyl (C=O) groups excluding carboxylic acids is 1. The molecule has 1 aromatic rings. The van der Waals surface area contributed by atoms with E-state index in [9.17, 15) is 4.79 Å². The van der Waals surface area contributed by atoms with E-state index in [-0.39, 0.29) is 11.8 Å². The Morgan fingerprint density at radius 2 is 2.40 bits per heavy atom. The van der Waals surface area contributed by atoms with E-state index in [1.54, 1.807) is 13.1 Å². The molecule has 0 aliphatic rings. The van der Waals surface area contributed by atoms with Crippen molar-refractivity contribution in [2.45, 2.75) is 13.8 Å². The number of halogens is 1. The highest BCUT2D eigenvalue weighted by Crippen LogP contribution is 2.17. The molecule has 0 fully saturated rings. The fourth-order valence-corrected chi connectivity index (χ4v) is 1.18. The van der Waals surface area contributed by atoms with Crippen molar-refractivity contribution >= 4 is 27.7 Å². The molecule has 4 nitrogen and oxygen atoms in total. The summed E-state index contributed by atoms with van der Waals surface area (Å²) in [6, 6.07) is 1.81. The molecule has 1 unspecified atom stereocenters. The number of carbonyl (C=O) groups is 1. The molecule has 15 heavy (non-hydrogen) atoms. The highest BCUT2D eigenvalue weighted by Gasteiger charge is 2.11. The van der Waals surface area contributed by atoms with Crippen LogP contribution in [-0.4, -0.2) is 17.4 Å². The van der Waals surface area contributed by atoms with Gasteiger partial charge in [0, 0.05) is 23.1 Å². The normalized spacial score (nSPS) is 12.3. The van der Waals surface area contributed by atoms with Crippen molar-refractivity contribution in [1.82, 2.24) is 4.98 Å². The molecule has 3 N–H and O–H groups in total. The number of aromatic nitrogens is 1. The summed E-state index contributed by atoms with van der Waals surface area (Å²) in [4.78, 5) is 15.6. The molecule has 0 spiro atoms. The molecule has 1 amide bonds. The van der Waals surface area contributed by atoms with Crippen molar-refractivity contribution in [2.24, 2.45) is 11.7 Å². The van der Waals surface area contributed by atoms with Crippen LogP contribution in [0.5, 0.6) is 0 Å². The topological polar surface area (TPSA) is 68.0 Å². The van der Waals surface area contributed by atoms with Crippen molar-refractivity contribution in [2.75, 3.05) is 11.9 Å². The van der Waals surface area contributed by atoms with Crippen molar-refractivity contribution in [3.63, 3.8) is 0 Å². The Bertz CT molecular complexity index is 368. The van der Waals surface area contributed by atoms with E-state index >= 15 is 0 Å². The van der Waals surface area contributed by atoms with Crippen molar-refractivity contribution in [3.05, 3.63) is 22.3 Å². The molecule has 1 atom stereocenters. The van der Waals surface area contributed by atoms with Crippen LogP contribution >= 0.6 is 15.9 Å². The van der Waals surface area contributed by atoms with Gasteiger partial charge in [-0.25, -0.2) is 4.98 Å². The smallest absolute Gasteiger partial charge is 0.229 e. The van der Waals surface area contributed by atoms with Crippen LogP contribution in [0, 0.1) is 12.8 Å². The summed E-state index contributed by atoms with van der Waals surface area (Å²) in [6.07, 6.45) is 1.66. The molecule has 5 heteroatoms. The van der Waals surface area contributed by atoms with Gasteiger partial charge >= 0.3 is 0 Å². The minimum Gasteiger partial charge on any atom is -0.330 e. The number of nitrogens with two attached hydrogens (primary N) is 1. The van der Waals surface area contributed by atoms with Gasteiger partial charge in [-0.15, -0.1) is 0 Å². The summed E-state index contributed by atoms with van der Waals surface area (Å²) in [6.45, 7) is 4.05. The van der Waals surface area contributed by atoms with E-state index in [1.165, 1.54) is 0 Å². The van der Waals surface area contributed by atoms with E-state index < -0.39 is 0 Å². The maximum absolute atomic E-state index is 11.5. The van der Waals surface area contributed by atoms with E-state index in [2.05, 4.69) is 26.2 Å². The van der Waals surface area contributed by atoms with Gasteiger partial charge in [0.25, 0.3) is 0 Å². The number of rotatable bonds is 3. The number of amides is 1. The number of nitrogens with one attached hydrogen (secondary N) is 1. The lowest BCUT2D eigenvalue weighted by atomic mass is 10.1. The van der Waals surface area contributed by atoms with Crippen LogP contribution in [0.3, 0.4) is 0 Å². The lowest BCUT2D eigenvalue weighted by molar-refractivity contribution is -0.119. The molecular formula is C10H14BrN3O. The van der Waals surface area contributed by atoms with Crippen molar-refractivity contribution in [1.29, 1.82) is 0 Å². The third-order valence-corrected chi connectivity index (χ3v) is 2.93. The van der Waals surface area contributed by atoms with Gasteiger partial charge in [0.1, 0.15) is 5.82 Å². The van der Waals surface area contributed by atoms with Crippen LogP contribution in [0.4, 0.5) is 5.82 Å². The van der Waals surface area contributed by atoms with Gasteiger partial charge in [0.2, 0.25) is 5.91 Å². The first-order valence-electron chi connectivity index (χ1n) is 4.67. The molecular weight excluding hydrogens is 258 g/mol. The summed E-state index contributed by atoms with van der Waals surface area (Å²) in [7, 11) is 0. The summed E-state index contributed by atoms with van der Waals surface area (Å²) in [5.41, 5.74) is 6.42. The first kappa shape index (κ1) is 12.1. The second kappa shape index (κ2) is 5.23. The number of anilines is 1. The van der Waals surface area contributed by atoms with Crippen LogP contribution in [-0.2, 0) is 4.79 Å². The molecule has 0 saturated heterocycles. The zero-order valence-corrected chi connectivity index (χ0v) is 10.3. The number of nitrogens with zero attached hydrogens (tertiary/aromatic N) is 1. The Hall–Kier alpha value is -0.940. The van der Waals surface area contributed by atoms with E-state index in [4.69, 9.17) is 5.73 Å². The van der Waals surface area contributed by atoms with Crippen LogP contribution in [0.15, 0.2) is 16.7 Å². The van der Waals surface area contributed by atoms with E-state index in [0.717, 1.165) is 10.0 Å². The Morgan fingerprint density at radius 1 is 1.73 bits per heavy atom. The minimum absolute atomic E-state index is 0.105. The fraction of sp³-hybridized carbons (Fsp3) is 0.400. The standard InChI is InChI=1S/C10H14BrN3O/c1-6-3-9(13-5-8(6)11)14-10(15)7(2)4-12/h3,5,7H,4,12H2,1-2H3,(H,13,14,15). The largest absolute Gasteiger partial charge is 0.330 e.